The van der Waals surface area contributed by atoms with E-state index >= 15 is 0 Å². The normalized spacial score (nSPS) is 12.5. The maximum atomic E-state index is 11.9. The number of hydrogen-bond donors (Lipinski definition) is 2. The SMILES string of the molecule is COc1ccccc1C(CN(Cc1cccc(N)c1)C(=O)O)C(C)(C)C. The van der Waals surface area contributed by atoms with E-state index in [1.165, 1.54) is 4.90 Å². The van der Waals surface area contributed by atoms with Crippen molar-refractivity contribution < 1.29 is 14.6 Å². The van der Waals surface area contributed by atoms with E-state index in [0.29, 0.717) is 18.8 Å². The quantitative estimate of drug-likeness (QED) is 0.742. The van der Waals surface area contributed by atoms with Crippen LogP contribution in [0.4, 0.5) is 10.5 Å². The molecule has 0 saturated carbocycles. The monoisotopic (exact) mass is 356 g/mol. The highest BCUT2D eigenvalue weighted by Crippen LogP contribution is 2.40. The van der Waals surface area contributed by atoms with Crippen molar-refractivity contribution in [3.8, 4) is 5.75 Å². The second-order valence-corrected chi connectivity index (χ2v) is 7.57. The van der Waals surface area contributed by atoms with Gasteiger partial charge in [-0.2, -0.15) is 0 Å². The fourth-order valence-electron chi connectivity index (χ4n) is 3.14. The van der Waals surface area contributed by atoms with Gasteiger partial charge in [-0.3, -0.25) is 0 Å². The van der Waals surface area contributed by atoms with Crippen LogP contribution in [-0.4, -0.2) is 29.8 Å². The van der Waals surface area contributed by atoms with Crippen LogP contribution in [0.2, 0.25) is 0 Å². The average Bonchev–Trinajstić information content (AvgIpc) is 2.57. The molecule has 0 aliphatic rings. The molecule has 0 fully saturated rings. The number of benzene rings is 2. The summed E-state index contributed by atoms with van der Waals surface area (Å²) in [5.41, 5.74) is 8.21. The predicted octanol–water partition coefficient (Wildman–Crippen LogP) is 4.59. The molecule has 2 aromatic rings. The molecule has 1 unspecified atom stereocenters. The molecule has 2 rings (SSSR count). The summed E-state index contributed by atoms with van der Waals surface area (Å²) in [5.74, 6) is 0.762. The van der Waals surface area contributed by atoms with Crippen LogP contribution >= 0.6 is 0 Å². The Labute approximate surface area is 155 Å². The summed E-state index contributed by atoms with van der Waals surface area (Å²) < 4.78 is 5.52. The van der Waals surface area contributed by atoms with Gasteiger partial charge in [-0.25, -0.2) is 4.79 Å². The van der Waals surface area contributed by atoms with Crippen LogP contribution in [0.5, 0.6) is 5.75 Å². The highest BCUT2D eigenvalue weighted by atomic mass is 16.5. The number of hydrogen-bond acceptors (Lipinski definition) is 3. The minimum Gasteiger partial charge on any atom is -0.496 e. The zero-order chi connectivity index (χ0) is 19.3. The van der Waals surface area contributed by atoms with Crippen LogP contribution in [0.15, 0.2) is 48.5 Å². The molecular formula is C21H28N2O3. The Bertz CT molecular complexity index is 753. The largest absolute Gasteiger partial charge is 0.496 e. The molecule has 5 heteroatoms. The molecule has 2 aromatic carbocycles. The smallest absolute Gasteiger partial charge is 0.407 e. The van der Waals surface area contributed by atoms with Gasteiger partial charge in [0.1, 0.15) is 5.75 Å². The number of nitrogen functional groups attached to an aromatic ring is 1. The molecule has 1 amide bonds. The van der Waals surface area contributed by atoms with Gasteiger partial charge < -0.3 is 20.5 Å². The molecule has 140 valence electrons. The van der Waals surface area contributed by atoms with Gasteiger partial charge in [0.2, 0.25) is 0 Å². The van der Waals surface area contributed by atoms with Gasteiger partial charge in [-0.1, -0.05) is 51.1 Å². The van der Waals surface area contributed by atoms with Crippen LogP contribution in [0, 0.1) is 5.41 Å². The summed E-state index contributed by atoms with van der Waals surface area (Å²) in [6.07, 6.45) is -0.948. The molecule has 0 aromatic heterocycles. The molecule has 1 atom stereocenters. The van der Waals surface area contributed by atoms with Crippen molar-refractivity contribution in [1.82, 2.24) is 4.90 Å². The van der Waals surface area contributed by atoms with Gasteiger partial charge in [-0.05, 0) is 34.7 Å². The van der Waals surface area contributed by atoms with E-state index in [4.69, 9.17) is 10.5 Å². The highest BCUT2D eigenvalue weighted by Gasteiger charge is 2.31. The van der Waals surface area contributed by atoms with Crippen molar-refractivity contribution in [2.45, 2.75) is 33.2 Å². The second-order valence-electron chi connectivity index (χ2n) is 7.57. The fraction of sp³-hybridized carbons (Fsp3) is 0.381. The van der Waals surface area contributed by atoms with Gasteiger partial charge >= 0.3 is 6.09 Å². The van der Waals surface area contributed by atoms with Gasteiger partial charge in [0.15, 0.2) is 0 Å². The lowest BCUT2D eigenvalue weighted by molar-refractivity contribution is 0.128. The first-order chi connectivity index (χ1) is 12.2. The number of rotatable bonds is 6. The van der Waals surface area contributed by atoms with E-state index in [2.05, 4.69) is 20.8 Å². The van der Waals surface area contributed by atoms with E-state index in [-0.39, 0.29) is 11.3 Å². The third-order valence-corrected chi connectivity index (χ3v) is 4.56. The fourth-order valence-corrected chi connectivity index (χ4v) is 3.14. The average molecular weight is 356 g/mol. The lowest BCUT2D eigenvalue weighted by Crippen LogP contribution is -2.37. The van der Waals surface area contributed by atoms with Crippen molar-refractivity contribution in [1.29, 1.82) is 0 Å². The maximum Gasteiger partial charge on any atom is 0.407 e. The van der Waals surface area contributed by atoms with Crippen LogP contribution in [0.3, 0.4) is 0 Å². The van der Waals surface area contributed by atoms with Crippen molar-refractivity contribution in [3.63, 3.8) is 0 Å². The Balaban J connectivity index is 2.34. The first-order valence-electron chi connectivity index (χ1n) is 8.67. The highest BCUT2D eigenvalue weighted by molar-refractivity contribution is 5.65. The van der Waals surface area contributed by atoms with Crippen molar-refractivity contribution in [2.24, 2.45) is 5.41 Å². The van der Waals surface area contributed by atoms with Crippen LogP contribution < -0.4 is 10.5 Å². The third-order valence-electron chi connectivity index (χ3n) is 4.56. The first kappa shape index (κ1) is 19.6. The lowest BCUT2D eigenvalue weighted by Gasteiger charge is -2.35. The first-order valence-corrected chi connectivity index (χ1v) is 8.67. The van der Waals surface area contributed by atoms with E-state index in [1.807, 2.05) is 42.5 Å². The Morgan fingerprint density at radius 2 is 1.88 bits per heavy atom. The van der Waals surface area contributed by atoms with Crippen molar-refractivity contribution in [2.75, 3.05) is 19.4 Å². The molecule has 0 aliphatic heterocycles. The molecule has 0 heterocycles. The molecule has 0 bridgehead atoms. The summed E-state index contributed by atoms with van der Waals surface area (Å²) in [4.78, 5) is 13.3. The molecular weight excluding hydrogens is 328 g/mol. The number of anilines is 1. The van der Waals surface area contributed by atoms with Crippen molar-refractivity contribution >= 4 is 11.8 Å². The molecule has 3 N–H and O–H groups in total. The van der Waals surface area contributed by atoms with Crippen LogP contribution in [0.1, 0.15) is 37.8 Å². The van der Waals surface area contributed by atoms with Gasteiger partial charge in [0, 0.05) is 24.7 Å². The van der Waals surface area contributed by atoms with E-state index < -0.39 is 6.09 Å². The standard InChI is InChI=1S/C21H28N2O3/c1-21(2,3)18(17-10-5-6-11-19(17)26-4)14-23(20(24)25)13-15-8-7-9-16(22)12-15/h5-12,18H,13-14,22H2,1-4H3,(H,24,25). The molecule has 0 spiro atoms. The number of methoxy groups -OCH3 is 1. The van der Waals surface area contributed by atoms with Gasteiger partial charge in [-0.15, -0.1) is 0 Å². The maximum absolute atomic E-state index is 11.9. The molecule has 0 radical (unpaired) electrons. The third kappa shape index (κ3) is 4.91. The summed E-state index contributed by atoms with van der Waals surface area (Å²) in [5, 5.41) is 9.76. The molecule has 5 nitrogen and oxygen atoms in total. The Morgan fingerprint density at radius 3 is 2.46 bits per heavy atom. The lowest BCUT2D eigenvalue weighted by atomic mass is 9.75. The van der Waals surface area contributed by atoms with E-state index in [1.54, 1.807) is 13.2 Å². The Kier molecular flexibility index (Phi) is 6.14. The van der Waals surface area contributed by atoms with Gasteiger partial charge in [0.05, 0.1) is 7.11 Å². The Hall–Kier alpha value is -2.69. The molecule has 0 aliphatic carbocycles. The zero-order valence-corrected chi connectivity index (χ0v) is 15.9. The van der Waals surface area contributed by atoms with Crippen molar-refractivity contribution in [3.05, 3.63) is 59.7 Å². The number of carbonyl (C=O) groups is 1. The van der Waals surface area contributed by atoms with E-state index in [9.17, 15) is 9.90 Å². The topological polar surface area (TPSA) is 75.8 Å². The number of nitrogens with two attached hydrogens (primary N) is 1. The summed E-state index contributed by atoms with van der Waals surface area (Å²) >= 11 is 0. The summed E-state index contributed by atoms with van der Waals surface area (Å²) in [6, 6.07) is 15.1. The molecule has 0 saturated heterocycles. The predicted molar refractivity (Wildman–Crippen MR) is 104 cm³/mol. The van der Waals surface area contributed by atoms with Gasteiger partial charge in [0.25, 0.3) is 0 Å². The number of carboxylic acid groups (broad SMARTS) is 1. The number of ether oxygens (including phenoxy) is 1. The molecule has 26 heavy (non-hydrogen) atoms. The zero-order valence-electron chi connectivity index (χ0n) is 15.9. The number of nitrogens with zero attached hydrogens (tertiary/aromatic N) is 1. The van der Waals surface area contributed by atoms with Crippen LogP contribution in [0.25, 0.3) is 0 Å². The number of amides is 1. The van der Waals surface area contributed by atoms with Crippen LogP contribution in [-0.2, 0) is 6.54 Å². The minimum atomic E-state index is -0.948. The second kappa shape index (κ2) is 8.13. The number of para-hydroxylation sites is 1. The van der Waals surface area contributed by atoms with E-state index in [0.717, 1.165) is 16.9 Å². The Morgan fingerprint density at radius 1 is 1.19 bits per heavy atom. The minimum absolute atomic E-state index is 0.0178. The summed E-state index contributed by atoms with van der Waals surface area (Å²) in [6.45, 7) is 7.01. The summed E-state index contributed by atoms with van der Waals surface area (Å²) in [7, 11) is 1.64.